The lowest BCUT2D eigenvalue weighted by atomic mass is 9.95. The van der Waals surface area contributed by atoms with Crippen LogP contribution in [0.3, 0.4) is 0 Å². The molecule has 4 rings (SSSR count). The van der Waals surface area contributed by atoms with E-state index >= 15 is 0 Å². The Hall–Kier alpha value is -2.51. The third-order valence-electron chi connectivity index (χ3n) is 5.66. The van der Waals surface area contributed by atoms with E-state index < -0.39 is 5.25 Å². The zero-order valence-corrected chi connectivity index (χ0v) is 18.5. The van der Waals surface area contributed by atoms with Crippen LogP contribution in [0.2, 0.25) is 5.02 Å². The molecule has 162 valence electrons. The standard InChI is InChI=1S/C23H24ClN3O3S/c24-17-7-5-15(6-8-17)9-12-25-21(28)16-10-13-27(14-11-16)23(30)20-22(29)26-18-3-1-2-4-19(18)31-20/h1-8,16,20H,9-14H2,(H,25,28)(H,26,29)/t20-/m1/s1. The molecule has 2 aliphatic heterocycles. The van der Waals surface area contributed by atoms with Crippen LogP contribution in [0.1, 0.15) is 18.4 Å². The number of carbonyl (C=O) groups excluding carboxylic acids is 3. The summed E-state index contributed by atoms with van der Waals surface area (Å²) in [5.74, 6) is -0.544. The normalized spacial score (nSPS) is 18.8. The molecular formula is C23H24ClN3O3S. The number of carbonyl (C=O) groups is 3. The molecule has 2 heterocycles. The molecule has 31 heavy (non-hydrogen) atoms. The molecule has 8 heteroatoms. The van der Waals surface area contributed by atoms with Gasteiger partial charge in [0.2, 0.25) is 17.7 Å². The SMILES string of the molecule is O=C(NCCc1ccc(Cl)cc1)C1CCN(C(=O)[C@@H]2Sc3ccccc3NC2=O)CC1. The van der Waals surface area contributed by atoms with Crippen molar-refractivity contribution >= 4 is 46.8 Å². The van der Waals surface area contributed by atoms with Crippen molar-refractivity contribution < 1.29 is 14.4 Å². The largest absolute Gasteiger partial charge is 0.356 e. The van der Waals surface area contributed by atoms with Crippen molar-refractivity contribution in [2.45, 2.75) is 29.4 Å². The maximum absolute atomic E-state index is 12.9. The molecule has 3 amide bonds. The molecule has 2 aromatic carbocycles. The third-order valence-corrected chi connectivity index (χ3v) is 7.17. The minimum Gasteiger partial charge on any atom is -0.356 e. The summed E-state index contributed by atoms with van der Waals surface area (Å²) in [6.45, 7) is 1.54. The smallest absolute Gasteiger partial charge is 0.247 e. The maximum atomic E-state index is 12.9. The van der Waals surface area contributed by atoms with E-state index in [4.69, 9.17) is 11.6 Å². The zero-order valence-electron chi connectivity index (χ0n) is 17.0. The van der Waals surface area contributed by atoms with Crippen molar-refractivity contribution in [3.05, 3.63) is 59.1 Å². The van der Waals surface area contributed by atoms with Crippen molar-refractivity contribution in [2.24, 2.45) is 5.92 Å². The minimum atomic E-state index is -0.778. The fraction of sp³-hybridized carbons (Fsp3) is 0.348. The van der Waals surface area contributed by atoms with E-state index in [-0.39, 0.29) is 23.6 Å². The second-order valence-electron chi connectivity index (χ2n) is 7.75. The van der Waals surface area contributed by atoms with Crippen LogP contribution in [-0.4, -0.2) is 47.5 Å². The number of likely N-dealkylation sites (tertiary alicyclic amines) is 1. The number of hydrogen-bond acceptors (Lipinski definition) is 4. The summed E-state index contributed by atoms with van der Waals surface area (Å²) in [4.78, 5) is 40.5. The van der Waals surface area contributed by atoms with E-state index in [1.54, 1.807) is 4.90 Å². The quantitative estimate of drug-likeness (QED) is 0.675. The molecular weight excluding hydrogens is 434 g/mol. The average molecular weight is 458 g/mol. The van der Waals surface area contributed by atoms with Crippen LogP contribution in [0.25, 0.3) is 0 Å². The summed E-state index contributed by atoms with van der Waals surface area (Å²) in [6.07, 6.45) is 1.96. The molecule has 1 atom stereocenters. The molecule has 0 bridgehead atoms. The van der Waals surface area contributed by atoms with Crippen LogP contribution in [0.4, 0.5) is 5.69 Å². The first-order valence-corrected chi connectivity index (χ1v) is 11.6. The Morgan fingerprint density at radius 1 is 1.10 bits per heavy atom. The minimum absolute atomic E-state index is 0.0276. The Kier molecular flexibility index (Phi) is 6.83. The molecule has 0 aliphatic carbocycles. The van der Waals surface area contributed by atoms with Gasteiger partial charge < -0.3 is 15.5 Å². The lowest BCUT2D eigenvalue weighted by Gasteiger charge is -2.34. The third kappa shape index (κ3) is 5.22. The van der Waals surface area contributed by atoms with Gasteiger partial charge >= 0.3 is 0 Å². The van der Waals surface area contributed by atoms with E-state index in [1.165, 1.54) is 11.8 Å². The summed E-state index contributed by atoms with van der Waals surface area (Å²) in [5.41, 5.74) is 1.87. The maximum Gasteiger partial charge on any atom is 0.247 e. The summed E-state index contributed by atoms with van der Waals surface area (Å²) in [5, 5.41) is 5.73. The fourth-order valence-electron chi connectivity index (χ4n) is 3.87. The van der Waals surface area contributed by atoms with Gasteiger partial charge in [-0.1, -0.05) is 35.9 Å². The van der Waals surface area contributed by atoms with Crippen LogP contribution in [0.5, 0.6) is 0 Å². The Balaban J connectivity index is 1.24. The number of nitrogens with one attached hydrogen (secondary N) is 2. The van der Waals surface area contributed by atoms with Crippen LogP contribution >= 0.6 is 23.4 Å². The Morgan fingerprint density at radius 3 is 2.55 bits per heavy atom. The molecule has 0 radical (unpaired) electrons. The van der Waals surface area contributed by atoms with Crippen molar-refractivity contribution in [1.29, 1.82) is 0 Å². The lowest BCUT2D eigenvalue weighted by Crippen LogP contribution is -2.49. The summed E-state index contributed by atoms with van der Waals surface area (Å²) in [6, 6.07) is 15.1. The Bertz CT molecular complexity index is 974. The van der Waals surface area contributed by atoms with Crippen molar-refractivity contribution in [3.8, 4) is 0 Å². The van der Waals surface area contributed by atoms with Gasteiger partial charge in [-0.2, -0.15) is 0 Å². The summed E-state index contributed by atoms with van der Waals surface area (Å²) in [7, 11) is 0. The predicted molar refractivity (Wildman–Crippen MR) is 122 cm³/mol. The Morgan fingerprint density at radius 2 is 1.81 bits per heavy atom. The lowest BCUT2D eigenvalue weighted by molar-refractivity contribution is -0.137. The monoisotopic (exact) mass is 457 g/mol. The second-order valence-corrected chi connectivity index (χ2v) is 9.33. The number of rotatable bonds is 5. The highest BCUT2D eigenvalue weighted by Crippen LogP contribution is 2.36. The van der Waals surface area contributed by atoms with Gasteiger partial charge in [-0.15, -0.1) is 11.8 Å². The number of fused-ring (bicyclic) bond motifs is 1. The topological polar surface area (TPSA) is 78.5 Å². The molecule has 1 saturated heterocycles. The molecule has 0 spiro atoms. The van der Waals surface area contributed by atoms with E-state index in [2.05, 4.69) is 10.6 Å². The molecule has 2 N–H and O–H groups in total. The van der Waals surface area contributed by atoms with Gasteiger partial charge in [0, 0.05) is 35.5 Å². The molecule has 0 unspecified atom stereocenters. The van der Waals surface area contributed by atoms with E-state index in [0.29, 0.717) is 37.5 Å². The van der Waals surface area contributed by atoms with Crippen LogP contribution < -0.4 is 10.6 Å². The molecule has 2 aliphatic rings. The Labute approximate surface area is 190 Å². The van der Waals surface area contributed by atoms with E-state index in [9.17, 15) is 14.4 Å². The van der Waals surface area contributed by atoms with Crippen LogP contribution in [0.15, 0.2) is 53.4 Å². The van der Waals surface area contributed by atoms with Crippen molar-refractivity contribution in [3.63, 3.8) is 0 Å². The zero-order chi connectivity index (χ0) is 21.8. The highest BCUT2D eigenvalue weighted by molar-refractivity contribution is 8.01. The van der Waals surface area contributed by atoms with Gasteiger partial charge in [0.1, 0.15) is 0 Å². The highest BCUT2D eigenvalue weighted by atomic mass is 35.5. The first-order chi connectivity index (χ1) is 15.0. The number of amides is 3. The number of para-hydroxylation sites is 1. The summed E-state index contributed by atoms with van der Waals surface area (Å²) >= 11 is 7.18. The number of thioether (sulfide) groups is 1. The van der Waals surface area contributed by atoms with E-state index in [0.717, 1.165) is 22.6 Å². The van der Waals surface area contributed by atoms with Gasteiger partial charge in [0.05, 0.1) is 5.69 Å². The van der Waals surface area contributed by atoms with Crippen LogP contribution in [0, 0.1) is 5.92 Å². The number of hydrogen-bond donors (Lipinski definition) is 2. The van der Waals surface area contributed by atoms with Gasteiger partial charge in [0.15, 0.2) is 5.25 Å². The predicted octanol–water partition coefficient (Wildman–Crippen LogP) is 3.35. The number of halogens is 1. The number of piperidine rings is 1. The second kappa shape index (κ2) is 9.75. The fourth-order valence-corrected chi connectivity index (χ4v) is 5.07. The summed E-state index contributed by atoms with van der Waals surface area (Å²) < 4.78 is 0. The molecule has 2 aromatic rings. The van der Waals surface area contributed by atoms with Crippen molar-refractivity contribution in [1.82, 2.24) is 10.2 Å². The molecule has 0 aromatic heterocycles. The highest BCUT2D eigenvalue weighted by Gasteiger charge is 2.37. The van der Waals surface area contributed by atoms with Gasteiger partial charge in [-0.3, -0.25) is 14.4 Å². The first-order valence-electron chi connectivity index (χ1n) is 10.4. The van der Waals surface area contributed by atoms with Crippen LogP contribution in [-0.2, 0) is 20.8 Å². The number of nitrogens with zero attached hydrogens (tertiary/aromatic N) is 1. The van der Waals surface area contributed by atoms with Gasteiger partial charge in [-0.05, 0) is 49.1 Å². The molecule has 1 fully saturated rings. The van der Waals surface area contributed by atoms with Gasteiger partial charge in [0.25, 0.3) is 0 Å². The van der Waals surface area contributed by atoms with Crippen molar-refractivity contribution in [2.75, 3.05) is 25.0 Å². The molecule has 0 saturated carbocycles. The average Bonchev–Trinajstić information content (AvgIpc) is 2.79. The molecule has 6 nitrogen and oxygen atoms in total. The van der Waals surface area contributed by atoms with Gasteiger partial charge in [-0.25, -0.2) is 0 Å². The van der Waals surface area contributed by atoms with E-state index in [1.807, 2.05) is 48.5 Å². The number of benzene rings is 2. The number of anilines is 1. The first kappa shape index (κ1) is 21.7.